The summed E-state index contributed by atoms with van der Waals surface area (Å²) in [6.45, 7) is 7.93. The third kappa shape index (κ3) is 13.7. The summed E-state index contributed by atoms with van der Waals surface area (Å²) < 4.78 is 10.5. The monoisotopic (exact) mass is 953 g/mol. The number of nitrogen functional groups attached to an aromatic ring is 1. The van der Waals surface area contributed by atoms with Gasteiger partial charge in [0.1, 0.15) is 41.2 Å². The number of hydrogen-bond acceptors (Lipinski definition) is 14. The Hall–Kier alpha value is -8.15. The number of furan rings is 2. The average molecular weight is 954 g/mol. The molecule has 3 atom stereocenters. The third-order valence-corrected chi connectivity index (χ3v) is 11.6. The molecule has 10 rings (SSSR count). The van der Waals surface area contributed by atoms with E-state index in [0.717, 1.165) is 24.1 Å². The van der Waals surface area contributed by atoms with E-state index in [1.54, 1.807) is 79.8 Å². The highest BCUT2D eigenvalue weighted by Gasteiger charge is 2.33. The quantitative estimate of drug-likeness (QED) is 0.101. The van der Waals surface area contributed by atoms with Crippen LogP contribution in [0, 0.1) is 23.7 Å². The standard InChI is InChI=1S/C15H15N3O2.C15H14N2O3.C10H10O4.C7H10O2.C5H6N2/c1-9-6-12-14(13(19)7-9)11(8-17-12)15(20)18-10-2-4-16-5-3-10;1-9-6-12(18)14-11(8-20-13(14)7-9)15(19)17-10-2-4-16-5-3-10;1-5-2-7(11)9-6(10(12)13)4-14-8(9)3-5;1-5-2-6(8)4-7(9)3-5;6-5-1-3-7-4-2-5/h2-5,8-9,17H,6-7H2,1H3,(H,16,18,20);2-5,8-9H,6-7H2,1H3,(H,16,17,19);4-5H,2-3H2,1H3,(H,12,13);5H,2-4H2,1H3;1-4H,(H2,6,7). The molecule has 2 amide bonds. The van der Waals surface area contributed by atoms with Crippen LogP contribution in [0.4, 0.5) is 17.1 Å². The molecule has 6 aromatic rings. The van der Waals surface area contributed by atoms with Crippen LogP contribution in [-0.4, -0.2) is 71.7 Å². The molecule has 4 aliphatic rings. The van der Waals surface area contributed by atoms with Crippen LogP contribution in [0.2, 0.25) is 0 Å². The average Bonchev–Trinajstić information content (AvgIpc) is 4.06. The van der Waals surface area contributed by atoms with E-state index in [-0.39, 0.29) is 70.1 Å². The van der Waals surface area contributed by atoms with Crippen molar-refractivity contribution in [3.8, 4) is 0 Å². The minimum Gasteiger partial charge on any atom is -0.478 e. The molecule has 3 unspecified atom stereocenters. The smallest absolute Gasteiger partial charge is 0.339 e. The number of fused-ring (bicyclic) bond motifs is 3. The topological polar surface area (TPSA) is 288 Å². The number of amides is 2. The van der Waals surface area contributed by atoms with Gasteiger partial charge < -0.3 is 35.3 Å². The van der Waals surface area contributed by atoms with Crippen LogP contribution >= 0.6 is 0 Å². The van der Waals surface area contributed by atoms with Gasteiger partial charge in [-0.25, -0.2) is 4.79 Å². The van der Waals surface area contributed by atoms with Crippen molar-refractivity contribution in [2.75, 3.05) is 16.4 Å². The van der Waals surface area contributed by atoms with Gasteiger partial charge in [-0.2, -0.15) is 0 Å². The van der Waals surface area contributed by atoms with Crippen LogP contribution in [-0.2, 0) is 28.9 Å². The van der Waals surface area contributed by atoms with Gasteiger partial charge in [0.25, 0.3) is 11.8 Å². The predicted molar refractivity (Wildman–Crippen MR) is 257 cm³/mol. The first-order valence-corrected chi connectivity index (χ1v) is 22.8. The van der Waals surface area contributed by atoms with E-state index in [2.05, 4.69) is 30.6 Å². The highest BCUT2D eigenvalue weighted by molar-refractivity contribution is 6.14. The van der Waals surface area contributed by atoms with Crippen molar-refractivity contribution in [3.63, 3.8) is 0 Å². The first-order chi connectivity index (χ1) is 33.5. The highest BCUT2D eigenvalue weighted by Crippen LogP contribution is 2.32. The van der Waals surface area contributed by atoms with Crippen LogP contribution in [0.15, 0.2) is 101 Å². The summed E-state index contributed by atoms with van der Waals surface area (Å²) in [7, 11) is 0. The van der Waals surface area contributed by atoms with Crippen molar-refractivity contribution >= 4 is 63.8 Å². The van der Waals surface area contributed by atoms with E-state index < -0.39 is 5.97 Å². The number of pyridine rings is 3. The number of H-pyrrole nitrogens is 1. The molecule has 6 heterocycles. The molecule has 0 aromatic carbocycles. The van der Waals surface area contributed by atoms with Gasteiger partial charge in [0.05, 0.1) is 34.2 Å². The van der Waals surface area contributed by atoms with E-state index in [1.165, 1.54) is 6.26 Å². The number of nitrogens with zero attached hydrogens (tertiary/aromatic N) is 3. The number of ketones is 5. The summed E-state index contributed by atoms with van der Waals surface area (Å²) in [5.74, 6) is 0.677. The van der Waals surface area contributed by atoms with Crippen LogP contribution < -0.4 is 16.4 Å². The molecular formula is C52H55N7O11. The maximum atomic E-state index is 12.3. The lowest BCUT2D eigenvalue weighted by Gasteiger charge is -2.17. The Morgan fingerprint density at radius 1 is 0.557 bits per heavy atom. The maximum absolute atomic E-state index is 12.3. The van der Waals surface area contributed by atoms with E-state index >= 15 is 0 Å². The zero-order valence-electron chi connectivity index (χ0n) is 39.3. The fourth-order valence-corrected chi connectivity index (χ4v) is 8.46. The number of Topliss-reactive ketones (excluding diaryl/α,β-unsaturated/α-hetero) is 5. The highest BCUT2D eigenvalue weighted by atomic mass is 16.4. The third-order valence-electron chi connectivity index (χ3n) is 11.6. The Labute approximate surface area is 403 Å². The van der Waals surface area contributed by atoms with Crippen molar-refractivity contribution in [2.45, 2.75) is 85.5 Å². The molecule has 0 saturated heterocycles. The Morgan fingerprint density at radius 2 is 0.957 bits per heavy atom. The zero-order valence-corrected chi connectivity index (χ0v) is 39.3. The Bertz CT molecular complexity index is 2720. The van der Waals surface area contributed by atoms with Gasteiger partial charge in [-0.1, -0.05) is 27.7 Å². The van der Waals surface area contributed by atoms with Crippen LogP contribution in [0.1, 0.15) is 146 Å². The SMILES string of the molecule is CC1CC(=O)CC(=O)C1.CC1CC(=O)c2c(C(=O)Nc3ccncc3)c[nH]c2C1.CC1CC(=O)c2c(C(=O)Nc3ccncc3)coc2C1.CC1CC(=O)c2c(C(=O)O)coc2C1.Nc1ccncc1. The largest absolute Gasteiger partial charge is 0.478 e. The molecule has 18 nitrogen and oxygen atoms in total. The summed E-state index contributed by atoms with van der Waals surface area (Å²) in [4.78, 5) is 107. The molecule has 0 aliphatic heterocycles. The number of carbonyl (C=O) groups excluding carboxylic acids is 7. The number of nitrogens with two attached hydrogens (primary N) is 1. The number of anilines is 3. The second-order valence-corrected chi connectivity index (χ2v) is 18.0. The number of aromatic carboxylic acids is 1. The zero-order chi connectivity index (χ0) is 50.5. The number of carboxylic acids is 1. The molecule has 4 aliphatic carbocycles. The molecule has 0 bridgehead atoms. The van der Waals surface area contributed by atoms with E-state index in [0.29, 0.717) is 102 Å². The summed E-state index contributed by atoms with van der Waals surface area (Å²) >= 11 is 0. The Kier molecular flexibility index (Phi) is 17.4. The van der Waals surface area contributed by atoms with Gasteiger partial charge in [-0.05, 0) is 66.5 Å². The van der Waals surface area contributed by atoms with Crippen LogP contribution in [0.25, 0.3) is 0 Å². The predicted octanol–water partition coefficient (Wildman–Crippen LogP) is 8.47. The number of carbonyl (C=O) groups is 8. The molecule has 364 valence electrons. The van der Waals surface area contributed by atoms with Crippen molar-refractivity contribution in [2.24, 2.45) is 23.7 Å². The molecular weight excluding hydrogens is 899 g/mol. The summed E-state index contributed by atoms with van der Waals surface area (Å²) in [6.07, 6.45) is 18.8. The molecule has 1 fully saturated rings. The van der Waals surface area contributed by atoms with Gasteiger partial charge in [0, 0.05) is 111 Å². The van der Waals surface area contributed by atoms with E-state index in [4.69, 9.17) is 19.7 Å². The summed E-state index contributed by atoms with van der Waals surface area (Å²) in [6, 6.07) is 10.3. The molecule has 6 N–H and O–H groups in total. The lowest BCUT2D eigenvalue weighted by Crippen LogP contribution is -2.21. The molecule has 1 saturated carbocycles. The van der Waals surface area contributed by atoms with Crippen molar-refractivity contribution in [1.29, 1.82) is 0 Å². The summed E-state index contributed by atoms with van der Waals surface area (Å²) in [5, 5.41) is 14.3. The van der Waals surface area contributed by atoms with Crippen molar-refractivity contribution in [3.05, 3.63) is 143 Å². The minimum absolute atomic E-state index is 0.00287. The maximum Gasteiger partial charge on any atom is 0.339 e. The molecule has 6 aromatic heterocycles. The van der Waals surface area contributed by atoms with Crippen LogP contribution in [0.3, 0.4) is 0 Å². The second kappa shape index (κ2) is 23.7. The van der Waals surface area contributed by atoms with E-state index in [1.807, 2.05) is 27.7 Å². The first kappa shape index (κ1) is 51.2. The Morgan fingerprint density at radius 3 is 1.40 bits per heavy atom. The lowest BCUT2D eigenvalue weighted by molar-refractivity contribution is -0.131. The van der Waals surface area contributed by atoms with Gasteiger partial charge in [-0.3, -0.25) is 48.5 Å². The van der Waals surface area contributed by atoms with Crippen molar-refractivity contribution in [1.82, 2.24) is 19.9 Å². The molecule has 0 radical (unpaired) electrons. The van der Waals surface area contributed by atoms with Gasteiger partial charge >= 0.3 is 5.97 Å². The van der Waals surface area contributed by atoms with Gasteiger partial charge in [0.15, 0.2) is 17.3 Å². The number of aromatic amines is 1. The lowest BCUT2D eigenvalue weighted by atomic mass is 9.86. The van der Waals surface area contributed by atoms with Gasteiger partial charge in [0.2, 0.25) is 0 Å². The van der Waals surface area contributed by atoms with E-state index in [9.17, 15) is 38.4 Å². The molecule has 18 heteroatoms. The number of hydrogen-bond donors (Lipinski definition) is 5. The van der Waals surface area contributed by atoms with Gasteiger partial charge in [-0.15, -0.1) is 0 Å². The van der Waals surface area contributed by atoms with Crippen molar-refractivity contribution < 1.29 is 52.3 Å². The first-order valence-electron chi connectivity index (χ1n) is 22.8. The number of aromatic nitrogens is 4. The Balaban J connectivity index is 0.000000151. The minimum atomic E-state index is -1.10. The number of rotatable bonds is 5. The fourth-order valence-electron chi connectivity index (χ4n) is 8.46. The summed E-state index contributed by atoms with van der Waals surface area (Å²) in [5.41, 5.74) is 10.2. The fraction of sp³-hybridized carbons (Fsp3) is 0.327. The normalized spacial score (nSPS) is 18.0. The number of carboxylic acid groups (broad SMARTS) is 1. The second-order valence-electron chi connectivity index (χ2n) is 18.0. The molecule has 0 spiro atoms. The molecule has 70 heavy (non-hydrogen) atoms. The van der Waals surface area contributed by atoms with Crippen LogP contribution in [0.5, 0.6) is 0 Å². The number of nitrogens with one attached hydrogen (secondary N) is 3.